The van der Waals surface area contributed by atoms with Crippen molar-refractivity contribution in [1.82, 2.24) is 0 Å². The van der Waals surface area contributed by atoms with Gasteiger partial charge in [-0.1, -0.05) is 0 Å². The fourth-order valence-electron chi connectivity index (χ4n) is 0.497. The average Bonchev–Trinajstić information content (AvgIpc) is 2.00. The predicted molar refractivity (Wildman–Crippen MR) is 80.4 cm³/mol. The molecule has 0 radical (unpaired) electrons. The standard InChI is InChI=1S/C8H14O2S5/c1-5(2)9-7(11)13-15-14-8(12)10-6(3)4/h5-6H,1-4H3. The molecule has 0 saturated heterocycles. The van der Waals surface area contributed by atoms with Crippen molar-refractivity contribution < 1.29 is 9.47 Å². The molecule has 0 fully saturated rings. The lowest BCUT2D eigenvalue weighted by Gasteiger charge is -2.10. The van der Waals surface area contributed by atoms with Crippen molar-refractivity contribution >= 4 is 64.6 Å². The molecule has 0 atom stereocenters. The summed E-state index contributed by atoms with van der Waals surface area (Å²) >= 11 is 9.99. The largest absolute Gasteiger partial charge is 0.475 e. The first-order valence-corrected chi connectivity index (χ1v) is 8.64. The van der Waals surface area contributed by atoms with Crippen LogP contribution in [0, 0.1) is 0 Å². The highest BCUT2D eigenvalue weighted by atomic mass is 33.5. The zero-order chi connectivity index (χ0) is 11.8. The van der Waals surface area contributed by atoms with Gasteiger partial charge in [0.05, 0.1) is 12.2 Å². The van der Waals surface area contributed by atoms with Crippen molar-refractivity contribution in [3.8, 4) is 0 Å². The Labute approximate surface area is 113 Å². The van der Waals surface area contributed by atoms with Gasteiger partial charge in [-0.15, -0.1) is 0 Å². The fourth-order valence-corrected chi connectivity index (χ4v) is 4.97. The molecule has 88 valence electrons. The van der Waals surface area contributed by atoms with E-state index >= 15 is 0 Å². The van der Waals surface area contributed by atoms with Crippen LogP contribution < -0.4 is 0 Å². The Morgan fingerprint density at radius 1 is 0.867 bits per heavy atom. The Balaban J connectivity index is 3.53. The summed E-state index contributed by atoms with van der Waals surface area (Å²) in [5.41, 5.74) is 0. The van der Waals surface area contributed by atoms with Crippen molar-refractivity contribution in [2.75, 3.05) is 0 Å². The van der Waals surface area contributed by atoms with Crippen LogP contribution >= 0.6 is 55.8 Å². The van der Waals surface area contributed by atoms with Crippen molar-refractivity contribution in [2.45, 2.75) is 39.9 Å². The van der Waals surface area contributed by atoms with E-state index in [1.807, 2.05) is 27.7 Å². The van der Waals surface area contributed by atoms with Gasteiger partial charge in [0.25, 0.3) is 0 Å². The molecule has 0 saturated carbocycles. The predicted octanol–water partition coefficient (Wildman–Crippen LogP) is 4.44. The molecule has 0 aliphatic heterocycles. The molecule has 0 aromatic carbocycles. The third-order valence-corrected chi connectivity index (χ3v) is 5.34. The molecule has 15 heavy (non-hydrogen) atoms. The van der Waals surface area contributed by atoms with Gasteiger partial charge in [-0.25, -0.2) is 0 Å². The molecule has 0 unspecified atom stereocenters. The first-order valence-electron chi connectivity index (χ1n) is 4.34. The van der Waals surface area contributed by atoms with Gasteiger partial charge in [-0.3, -0.25) is 0 Å². The highest BCUT2D eigenvalue weighted by Gasteiger charge is 2.06. The van der Waals surface area contributed by atoms with Crippen LogP contribution in [0.3, 0.4) is 0 Å². The lowest BCUT2D eigenvalue weighted by atomic mass is 10.5. The quantitative estimate of drug-likeness (QED) is 0.557. The highest BCUT2D eigenvalue weighted by molar-refractivity contribution is 9.15. The average molecular weight is 303 g/mol. The molecule has 0 amide bonds. The smallest absolute Gasteiger partial charge is 0.231 e. The van der Waals surface area contributed by atoms with Crippen molar-refractivity contribution in [1.29, 1.82) is 0 Å². The number of rotatable bonds is 4. The molecule has 0 spiro atoms. The van der Waals surface area contributed by atoms with Crippen LogP contribution in [0.5, 0.6) is 0 Å². The summed E-state index contributed by atoms with van der Waals surface area (Å²) in [4.78, 5) is 0. The first kappa shape index (κ1) is 15.8. The molecule has 0 aliphatic rings. The van der Waals surface area contributed by atoms with E-state index in [0.29, 0.717) is 8.77 Å². The summed E-state index contributed by atoms with van der Waals surface area (Å²) in [6.07, 6.45) is 0.240. The van der Waals surface area contributed by atoms with E-state index in [9.17, 15) is 0 Å². The second-order valence-electron chi connectivity index (χ2n) is 3.07. The third kappa shape index (κ3) is 11.1. The highest BCUT2D eigenvalue weighted by Crippen LogP contribution is 2.37. The Morgan fingerprint density at radius 2 is 1.20 bits per heavy atom. The topological polar surface area (TPSA) is 18.5 Å². The monoisotopic (exact) mass is 302 g/mol. The Morgan fingerprint density at radius 3 is 1.47 bits per heavy atom. The number of ether oxygens (including phenoxy) is 2. The van der Waals surface area contributed by atoms with E-state index < -0.39 is 0 Å². The third-order valence-electron chi connectivity index (χ3n) is 0.868. The van der Waals surface area contributed by atoms with Crippen LogP contribution in [0.25, 0.3) is 0 Å². The maximum Gasteiger partial charge on any atom is 0.231 e. The summed E-state index contributed by atoms with van der Waals surface area (Å²) in [5, 5.41) is 0. The number of thiocarbonyl (C=S) groups is 2. The van der Waals surface area contributed by atoms with E-state index in [4.69, 9.17) is 33.9 Å². The minimum absolute atomic E-state index is 0.120. The Hall–Kier alpha value is 0.830. The summed E-state index contributed by atoms with van der Waals surface area (Å²) < 4.78 is 11.6. The first-order chi connectivity index (χ1) is 6.91. The minimum Gasteiger partial charge on any atom is -0.475 e. The van der Waals surface area contributed by atoms with Gasteiger partial charge >= 0.3 is 0 Å². The van der Waals surface area contributed by atoms with Gasteiger partial charge in [-0.2, -0.15) is 0 Å². The molecule has 0 rings (SSSR count). The van der Waals surface area contributed by atoms with Gasteiger partial charge in [0, 0.05) is 21.6 Å². The van der Waals surface area contributed by atoms with E-state index in [2.05, 4.69) is 0 Å². The molecule has 7 heteroatoms. The van der Waals surface area contributed by atoms with Crippen LogP contribution in [-0.2, 0) is 9.47 Å². The van der Waals surface area contributed by atoms with E-state index in [-0.39, 0.29) is 12.2 Å². The van der Waals surface area contributed by atoms with Gasteiger partial charge in [0.1, 0.15) is 0 Å². The van der Waals surface area contributed by atoms with Gasteiger partial charge < -0.3 is 9.47 Å². The van der Waals surface area contributed by atoms with Crippen molar-refractivity contribution in [2.24, 2.45) is 0 Å². The molecule has 0 bridgehead atoms. The van der Waals surface area contributed by atoms with Crippen LogP contribution in [0.2, 0.25) is 0 Å². The summed E-state index contributed by atoms with van der Waals surface area (Å²) in [7, 11) is 4.22. The van der Waals surface area contributed by atoms with Gasteiger partial charge in [-0.05, 0) is 62.0 Å². The molecule has 2 nitrogen and oxygen atoms in total. The minimum atomic E-state index is 0.120. The van der Waals surface area contributed by atoms with E-state index in [1.165, 1.54) is 31.4 Å². The fraction of sp³-hybridized carbons (Fsp3) is 0.750. The summed E-state index contributed by atoms with van der Waals surface area (Å²) in [5.74, 6) is 0. The van der Waals surface area contributed by atoms with Crippen LogP contribution in [-0.4, -0.2) is 21.0 Å². The Kier molecular flexibility index (Phi) is 9.42. The van der Waals surface area contributed by atoms with Crippen LogP contribution in [0.4, 0.5) is 0 Å². The van der Waals surface area contributed by atoms with E-state index in [1.54, 1.807) is 0 Å². The molecule has 0 N–H and O–H groups in total. The zero-order valence-corrected chi connectivity index (χ0v) is 13.1. The van der Waals surface area contributed by atoms with Gasteiger partial charge in [0.15, 0.2) is 0 Å². The molecule has 0 aromatic heterocycles. The Bertz CT molecular complexity index is 195. The normalized spacial score (nSPS) is 10.5. The lowest BCUT2D eigenvalue weighted by molar-refractivity contribution is 0.243. The molecular formula is C8H14O2S5. The van der Waals surface area contributed by atoms with Crippen molar-refractivity contribution in [3.63, 3.8) is 0 Å². The SMILES string of the molecule is CC(C)OC(=S)SSSC(=S)OC(C)C. The maximum absolute atomic E-state index is 5.29. The summed E-state index contributed by atoms with van der Waals surface area (Å²) in [6.45, 7) is 7.77. The van der Waals surface area contributed by atoms with E-state index in [0.717, 1.165) is 0 Å². The summed E-state index contributed by atoms with van der Waals surface area (Å²) in [6, 6.07) is 0. The van der Waals surface area contributed by atoms with Crippen LogP contribution in [0.1, 0.15) is 27.7 Å². The number of hydrogen-bond donors (Lipinski definition) is 0. The molecule has 0 aliphatic carbocycles. The second-order valence-corrected chi connectivity index (χ2v) is 8.17. The zero-order valence-electron chi connectivity index (χ0n) is 9.01. The van der Waals surface area contributed by atoms with Crippen LogP contribution in [0.15, 0.2) is 0 Å². The maximum atomic E-state index is 5.29. The lowest BCUT2D eigenvalue weighted by Crippen LogP contribution is -2.05. The number of hydrogen-bond acceptors (Lipinski definition) is 7. The van der Waals surface area contributed by atoms with Crippen molar-refractivity contribution in [3.05, 3.63) is 0 Å². The van der Waals surface area contributed by atoms with Gasteiger partial charge in [0.2, 0.25) is 8.77 Å². The molecule has 0 aromatic rings. The molecule has 0 heterocycles. The molecular weight excluding hydrogens is 288 g/mol. The second kappa shape index (κ2) is 8.92.